The minimum Gasteiger partial charge on any atom is -0.396 e. The smallest absolute Gasteiger partial charge is 0.0841 e. The van der Waals surface area contributed by atoms with E-state index in [2.05, 4.69) is 6.92 Å². The van der Waals surface area contributed by atoms with E-state index in [4.69, 9.17) is 9.84 Å². The van der Waals surface area contributed by atoms with Crippen LogP contribution in [0.25, 0.3) is 0 Å². The fourth-order valence-electron chi connectivity index (χ4n) is 2.45. The Kier molecular flexibility index (Phi) is 8.72. The normalized spacial score (nSPS) is 22.9. The molecule has 1 aliphatic heterocycles. The van der Waals surface area contributed by atoms with E-state index in [0.717, 1.165) is 6.42 Å². The second-order valence-corrected chi connectivity index (χ2v) is 5.34. The highest BCUT2D eigenvalue weighted by Gasteiger charge is 2.36. The lowest BCUT2D eigenvalue weighted by Gasteiger charge is -1.99. The van der Waals surface area contributed by atoms with Gasteiger partial charge in [-0.3, -0.25) is 0 Å². The molecule has 2 atom stereocenters. The van der Waals surface area contributed by atoms with Gasteiger partial charge in [-0.15, -0.1) is 0 Å². The molecule has 17 heavy (non-hydrogen) atoms. The van der Waals surface area contributed by atoms with Crippen LogP contribution < -0.4 is 0 Å². The van der Waals surface area contributed by atoms with Crippen molar-refractivity contribution in [3.8, 4) is 0 Å². The molecule has 1 fully saturated rings. The van der Waals surface area contributed by atoms with Gasteiger partial charge in [0.25, 0.3) is 0 Å². The molecule has 2 nitrogen and oxygen atoms in total. The van der Waals surface area contributed by atoms with Gasteiger partial charge in [0.15, 0.2) is 0 Å². The molecule has 0 spiro atoms. The van der Waals surface area contributed by atoms with E-state index in [1.54, 1.807) is 0 Å². The van der Waals surface area contributed by atoms with E-state index in [-0.39, 0.29) is 0 Å². The molecule has 0 aliphatic carbocycles. The number of aliphatic hydroxyl groups excluding tert-OH is 1. The summed E-state index contributed by atoms with van der Waals surface area (Å²) in [7, 11) is 0. The molecule has 0 aromatic carbocycles. The van der Waals surface area contributed by atoms with Crippen LogP contribution in [0.15, 0.2) is 0 Å². The summed E-state index contributed by atoms with van der Waals surface area (Å²) in [5.74, 6) is 0. The first-order valence-electron chi connectivity index (χ1n) is 7.64. The van der Waals surface area contributed by atoms with Crippen LogP contribution in [0, 0.1) is 0 Å². The Balaban J connectivity index is 1.78. The van der Waals surface area contributed by atoms with Gasteiger partial charge in [0, 0.05) is 6.61 Å². The number of hydrogen-bond acceptors (Lipinski definition) is 2. The van der Waals surface area contributed by atoms with Crippen LogP contribution in [0.1, 0.15) is 77.6 Å². The average molecular weight is 242 g/mol. The third kappa shape index (κ3) is 7.77. The Morgan fingerprint density at radius 3 is 1.88 bits per heavy atom. The third-order valence-corrected chi connectivity index (χ3v) is 3.68. The molecule has 0 aromatic heterocycles. The molecule has 1 saturated heterocycles. The van der Waals surface area contributed by atoms with Crippen molar-refractivity contribution in [1.29, 1.82) is 0 Å². The van der Waals surface area contributed by atoms with Crippen molar-refractivity contribution in [2.75, 3.05) is 6.61 Å². The quantitative estimate of drug-likeness (QED) is 0.413. The van der Waals surface area contributed by atoms with Crippen LogP contribution in [-0.4, -0.2) is 23.9 Å². The number of rotatable bonds is 12. The van der Waals surface area contributed by atoms with E-state index in [9.17, 15) is 0 Å². The first kappa shape index (κ1) is 15.0. The first-order valence-corrected chi connectivity index (χ1v) is 7.64. The van der Waals surface area contributed by atoms with Gasteiger partial charge in [0.05, 0.1) is 12.2 Å². The summed E-state index contributed by atoms with van der Waals surface area (Å²) in [6.45, 7) is 2.61. The highest BCUT2D eigenvalue weighted by molar-refractivity contribution is 4.84. The van der Waals surface area contributed by atoms with Gasteiger partial charge < -0.3 is 9.84 Å². The van der Waals surface area contributed by atoms with Crippen molar-refractivity contribution >= 4 is 0 Å². The molecular formula is C15H30O2. The fourth-order valence-corrected chi connectivity index (χ4v) is 2.45. The number of unbranched alkanes of at least 4 members (excludes halogenated alkanes) is 7. The fraction of sp³-hybridized carbons (Fsp3) is 1.00. The first-order chi connectivity index (χ1) is 8.38. The predicted octanol–water partition coefficient (Wildman–Crippen LogP) is 4.06. The standard InChI is InChI=1S/C15H30O2/c1-2-3-4-8-11-14-15(17-14)12-9-6-5-7-10-13-16/h14-16H,2-13H2,1H3. The average Bonchev–Trinajstić information content (AvgIpc) is 3.08. The molecule has 1 N–H and O–H groups in total. The molecule has 1 aliphatic rings. The minimum absolute atomic E-state index is 0.353. The van der Waals surface area contributed by atoms with Crippen LogP contribution in [-0.2, 0) is 4.74 Å². The zero-order chi connectivity index (χ0) is 12.3. The van der Waals surface area contributed by atoms with Crippen LogP contribution in [0.3, 0.4) is 0 Å². The van der Waals surface area contributed by atoms with Crippen molar-refractivity contribution in [1.82, 2.24) is 0 Å². The van der Waals surface area contributed by atoms with Gasteiger partial charge in [-0.05, 0) is 19.3 Å². The van der Waals surface area contributed by atoms with E-state index in [1.165, 1.54) is 64.2 Å². The van der Waals surface area contributed by atoms with Crippen molar-refractivity contribution in [2.45, 2.75) is 89.8 Å². The molecule has 0 aromatic rings. The van der Waals surface area contributed by atoms with E-state index in [1.807, 2.05) is 0 Å². The highest BCUT2D eigenvalue weighted by Crippen LogP contribution is 2.31. The summed E-state index contributed by atoms with van der Waals surface area (Å²) in [5, 5.41) is 8.66. The van der Waals surface area contributed by atoms with Gasteiger partial charge in [-0.25, -0.2) is 0 Å². The van der Waals surface area contributed by atoms with Gasteiger partial charge in [0.1, 0.15) is 0 Å². The van der Waals surface area contributed by atoms with Crippen molar-refractivity contribution < 1.29 is 9.84 Å². The molecule has 2 heteroatoms. The molecule has 2 unspecified atom stereocenters. The Morgan fingerprint density at radius 1 is 0.765 bits per heavy atom. The monoisotopic (exact) mass is 242 g/mol. The van der Waals surface area contributed by atoms with E-state index in [0.29, 0.717) is 18.8 Å². The molecule has 0 bridgehead atoms. The van der Waals surface area contributed by atoms with Crippen molar-refractivity contribution in [3.63, 3.8) is 0 Å². The Morgan fingerprint density at radius 2 is 1.29 bits per heavy atom. The maximum atomic E-state index is 8.66. The molecule has 0 amide bonds. The van der Waals surface area contributed by atoms with Gasteiger partial charge in [-0.2, -0.15) is 0 Å². The number of ether oxygens (including phenoxy) is 1. The summed E-state index contributed by atoms with van der Waals surface area (Å²) in [6, 6.07) is 0. The lowest BCUT2D eigenvalue weighted by atomic mass is 10.0. The summed E-state index contributed by atoms with van der Waals surface area (Å²) >= 11 is 0. The summed E-state index contributed by atoms with van der Waals surface area (Å²) < 4.78 is 5.68. The van der Waals surface area contributed by atoms with E-state index >= 15 is 0 Å². The third-order valence-electron chi connectivity index (χ3n) is 3.68. The number of epoxide rings is 1. The summed E-state index contributed by atoms with van der Waals surface area (Å²) in [6.07, 6.45) is 15.2. The van der Waals surface area contributed by atoms with Gasteiger partial charge in [0.2, 0.25) is 0 Å². The van der Waals surface area contributed by atoms with Crippen molar-refractivity contribution in [3.05, 3.63) is 0 Å². The second kappa shape index (κ2) is 9.90. The SMILES string of the molecule is CCCCCCC1OC1CCCCCCCO. The highest BCUT2D eigenvalue weighted by atomic mass is 16.6. The number of aliphatic hydroxyl groups is 1. The minimum atomic E-state index is 0.353. The van der Waals surface area contributed by atoms with Gasteiger partial charge >= 0.3 is 0 Å². The molecular weight excluding hydrogens is 212 g/mol. The number of hydrogen-bond donors (Lipinski definition) is 1. The Labute approximate surface area is 107 Å². The van der Waals surface area contributed by atoms with Gasteiger partial charge in [-0.1, -0.05) is 58.3 Å². The topological polar surface area (TPSA) is 32.8 Å². The second-order valence-electron chi connectivity index (χ2n) is 5.34. The van der Waals surface area contributed by atoms with Crippen LogP contribution in [0.2, 0.25) is 0 Å². The maximum absolute atomic E-state index is 8.66. The zero-order valence-corrected chi connectivity index (χ0v) is 11.5. The maximum Gasteiger partial charge on any atom is 0.0841 e. The van der Waals surface area contributed by atoms with Crippen LogP contribution in [0.4, 0.5) is 0 Å². The molecule has 0 radical (unpaired) electrons. The predicted molar refractivity (Wildman–Crippen MR) is 72.2 cm³/mol. The summed E-state index contributed by atoms with van der Waals surface area (Å²) in [4.78, 5) is 0. The van der Waals surface area contributed by atoms with Crippen LogP contribution >= 0.6 is 0 Å². The Bertz CT molecular complexity index is 170. The molecule has 0 saturated carbocycles. The van der Waals surface area contributed by atoms with E-state index < -0.39 is 0 Å². The molecule has 102 valence electrons. The van der Waals surface area contributed by atoms with Crippen molar-refractivity contribution in [2.24, 2.45) is 0 Å². The molecule has 1 heterocycles. The lowest BCUT2D eigenvalue weighted by molar-refractivity contribution is 0.282. The van der Waals surface area contributed by atoms with Crippen LogP contribution in [0.5, 0.6) is 0 Å². The zero-order valence-electron chi connectivity index (χ0n) is 11.5. The lowest BCUT2D eigenvalue weighted by Crippen LogP contribution is -1.94. The summed E-state index contributed by atoms with van der Waals surface area (Å²) in [5.41, 5.74) is 0. The largest absolute Gasteiger partial charge is 0.396 e. The Hall–Kier alpha value is -0.0800. The molecule has 1 rings (SSSR count).